The van der Waals surface area contributed by atoms with Gasteiger partial charge >= 0.3 is 5.97 Å². The molecule has 1 saturated heterocycles. The van der Waals surface area contributed by atoms with Crippen LogP contribution >= 0.6 is 11.6 Å². The summed E-state index contributed by atoms with van der Waals surface area (Å²) in [6.45, 7) is 2.28. The molecule has 1 unspecified atom stereocenters. The predicted octanol–water partition coefficient (Wildman–Crippen LogP) is 2.69. The third-order valence-electron chi connectivity index (χ3n) is 5.67. The van der Waals surface area contributed by atoms with E-state index in [1.54, 1.807) is 6.07 Å². The standard InChI is InChI=1S/C20H25ClN2O4/c1-14(24)23(13-18(25)26)17-6-3-10-22(11-7-17)19(27)20(8-9-20)15-4-2-5-16(21)12-15/h2,4-5,12,17H,3,6-11,13H2,1H3,(H,25,26). The molecule has 1 atom stereocenters. The van der Waals surface area contributed by atoms with Crippen molar-refractivity contribution in [2.45, 2.75) is 50.5 Å². The lowest BCUT2D eigenvalue weighted by Crippen LogP contribution is -2.43. The molecule has 0 aromatic heterocycles. The van der Waals surface area contributed by atoms with E-state index in [0.717, 1.165) is 24.8 Å². The summed E-state index contributed by atoms with van der Waals surface area (Å²) in [6, 6.07) is 7.37. The molecule has 1 aromatic rings. The van der Waals surface area contributed by atoms with Crippen molar-refractivity contribution in [1.29, 1.82) is 0 Å². The van der Waals surface area contributed by atoms with E-state index in [4.69, 9.17) is 16.7 Å². The number of benzene rings is 1. The SMILES string of the molecule is CC(=O)N(CC(=O)O)C1CCCN(C(=O)C2(c3cccc(Cl)c3)CC2)CC1. The van der Waals surface area contributed by atoms with Gasteiger partial charge in [-0.3, -0.25) is 14.4 Å². The summed E-state index contributed by atoms with van der Waals surface area (Å²) in [5.74, 6) is -1.13. The number of halogens is 1. The van der Waals surface area contributed by atoms with Gasteiger partial charge in [0.25, 0.3) is 0 Å². The molecule has 2 fully saturated rings. The first-order valence-corrected chi connectivity index (χ1v) is 9.76. The van der Waals surface area contributed by atoms with Gasteiger partial charge in [0.2, 0.25) is 11.8 Å². The Balaban J connectivity index is 1.70. The first-order chi connectivity index (χ1) is 12.8. The Kier molecular flexibility index (Phi) is 5.75. The maximum atomic E-state index is 13.2. The fourth-order valence-electron chi connectivity index (χ4n) is 4.08. The van der Waals surface area contributed by atoms with Crippen molar-refractivity contribution in [2.75, 3.05) is 19.6 Å². The number of hydrogen-bond donors (Lipinski definition) is 1. The highest BCUT2D eigenvalue weighted by Gasteiger charge is 2.53. The highest BCUT2D eigenvalue weighted by molar-refractivity contribution is 6.30. The van der Waals surface area contributed by atoms with Crippen LogP contribution in [0.15, 0.2) is 24.3 Å². The topological polar surface area (TPSA) is 77.9 Å². The van der Waals surface area contributed by atoms with Gasteiger partial charge in [-0.15, -0.1) is 0 Å². The minimum atomic E-state index is -1.01. The molecule has 6 nitrogen and oxygen atoms in total. The third-order valence-corrected chi connectivity index (χ3v) is 5.91. The van der Waals surface area contributed by atoms with Gasteiger partial charge in [-0.25, -0.2) is 0 Å². The molecule has 0 spiro atoms. The summed E-state index contributed by atoms with van der Waals surface area (Å²) in [6.07, 6.45) is 3.71. The first kappa shape index (κ1) is 19.7. The minimum absolute atomic E-state index is 0.123. The average molecular weight is 393 g/mol. The first-order valence-electron chi connectivity index (χ1n) is 9.38. The Hall–Kier alpha value is -2.08. The Bertz CT molecular complexity index is 747. The molecule has 3 rings (SSSR count). The smallest absolute Gasteiger partial charge is 0.323 e. The quantitative estimate of drug-likeness (QED) is 0.835. The van der Waals surface area contributed by atoms with E-state index in [1.807, 2.05) is 23.1 Å². The maximum Gasteiger partial charge on any atom is 0.323 e. The molecule has 1 N–H and O–H groups in total. The van der Waals surface area contributed by atoms with Gasteiger partial charge in [0.1, 0.15) is 6.54 Å². The molecular weight excluding hydrogens is 368 g/mol. The molecule has 1 aromatic carbocycles. The molecule has 0 radical (unpaired) electrons. The third kappa shape index (κ3) is 4.26. The van der Waals surface area contributed by atoms with Crippen molar-refractivity contribution >= 4 is 29.4 Å². The number of hydrogen-bond acceptors (Lipinski definition) is 3. The molecule has 0 bridgehead atoms. The van der Waals surface area contributed by atoms with Gasteiger partial charge in [-0.2, -0.15) is 0 Å². The monoisotopic (exact) mass is 392 g/mol. The Morgan fingerprint density at radius 2 is 2.00 bits per heavy atom. The Morgan fingerprint density at radius 1 is 1.26 bits per heavy atom. The number of carboxylic acid groups (broad SMARTS) is 1. The van der Waals surface area contributed by atoms with E-state index >= 15 is 0 Å². The van der Waals surface area contributed by atoms with Gasteiger partial charge in [0.15, 0.2) is 0 Å². The van der Waals surface area contributed by atoms with Gasteiger partial charge in [0.05, 0.1) is 5.41 Å². The van der Waals surface area contributed by atoms with Crippen LogP contribution in [-0.4, -0.2) is 58.4 Å². The highest BCUT2D eigenvalue weighted by atomic mass is 35.5. The summed E-state index contributed by atoms with van der Waals surface area (Å²) < 4.78 is 0. The fraction of sp³-hybridized carbons (Fsp3) is 0.550. The van der Waals surface area contributed by atoms with Gasteiger partial charge in [-0.1, -0.05) is 23.7 Å². The zero-order chi connectivity index (χ0) is 19.6. The van der Waals surface area contributed by atoms with Crippen LogP contribution in [0.1, 0.15) is 44.6 Å². The van der Waals surface area contributed by atoms with Gasteiger partial charge < -0.3 is 14.9 Å². The largest absolute Gasteiger partial charge is 0.480 e. The minimum Gasteiger partial charge on any atom is -0.480 e. The molecule has 146 valence electrons. The Labute approximate surface area is 164 Å². The summed E-state index contributed by atoms with van der Waals surface area (Å²) in [4.78, 5) is 39.5. The van der Waals surface area contributed by atoms with Crippen LogP contribution in [0.5, 0.6) is 0 Å². The Morgan fingerprint density at radius 3 is 2.59 bits per heavy atom. The fourth-order valence-corrected chi connectivity index (χ4v) is 4.27. The lowest BCUT2D eigenvalue weighted by Gasteiger charge is -2.29. The zero-order valence-corrected chi connectivity index (χ0v) is 16.2. The van der Waals surface area contributed by atoms with Crippen LogP contribution in [0, 0.1) is 0 Å². The van der Waals surface area contributed by atoms with Gasteiger partial charge in [0, 0.05) is 31.1 Å². The number of carboxylic acids is 1. The lowest BCUT2D eigenvalue weighted by molar-refractivity contribution is -0.145. The van der Waals surface area contributed by atoms with Crippen molar-refractivity contribution in [3.8, 4) is 0 Å². The van der Waals surface area contributed by atoms with E-state index in [-0.39, 0.29) is 24.4 Å². The number of likely N-dealkylation sites (tertiary alicyclic amines) is 1. The van der Waals surface area contributed by atoms with Crippen molar-refractivity contribution < 1.29 is 19.5 Å². The molecule has 1 saturated carbocycles. The van der Waals surface area contributed by atoms with Crippen LogP contribution in [0.2, 0.25) is 5.02 Å². The van der Waals surface area contributed by atoms with Crippen LogP contribution in [-0.2, 0) is 19.8 Å². The molecule has 2 amide bonds. The second kappa shape index (κ2) is 7.89. The van der Waals surface area contributed by atoms with Crippen molar-refractivity contribution in [1.82, 2.24) is 9.80 Å². The number of rotatable bonds is 5. The van der Waals surface area contributed by atoms with Crippen LogP contribution in [0.4, 0.5) is 0 Å². The molecule has 1 aliphatic heterocycles. The normalized spacial score (nSPS) is 21.3. The summed E-state index contributed by atoms with van der Waals surface area (Å²) >= 11 is 6.11. The number of aliphatic carboxylic acids is 1. The number of carbonyl (C=O) groups is 3. The average Bonchev–Trinajstić information content (AvgIpc) is 3.43. The van der Waals surface area contributed by atoms with E-state index in [9.17, 15) is 14.4 Å². The van der Waals surface area contributed by atoms with E-state index in [1.165, 1.54) is 11.8 Å². The second-order valence-corrected chi connectivity index (χ2v) is 7.95. The van der Waals surface area contributed by atoms with Crippen molar-refractivity contribution in [3.63, 3.8) is 0 Å². The van der Waals surface area contributed by atoms with Gasteiger partial charge in [-0.05, 0) is 49.8 Å². The maximum absolute atomic E-state index is 13.2. The molecule has 27 heavy (non-hydrogen) atoms. The molecule has 1 heterocycles. The molecule has 1 aliphatic carbocycles. The number of carbonyl (C=O) groups excluding carboxylic acids is 2. The summed E-state index contributed by atoms with van der Waals surface area (Å²) in [5, 5.41) is 9.70. The zero-order valence-electron chi connectivity index (χ0n) is 15.5. The van der Waals surface area contributed by atoms with Crippen LogP contribution < -0.4 is 0 Å². The summed E-state index contributed by atoms with van der Waals surface area (Å²) in [5.41, 5.74) is 0.503. The van der Waals surface area contributed by atoms with Crippen LogP contribution in [0.3, 0.4) is 0 Å². The molecule has 2 aliphatic rings. The van der Waals surface area contributed by atoms with Crippen LogP contribution in [0.25, 0.3) is 0 Å². The van der Waals surface area contributed by atoms with E-state index < -0.39 is 11.4 Å². The molecule has 7 heteroatoms. The van der Waals surface area contributed by atoms with E-state index in [0.29, 0.717) is 31.0 Å². The second-order valence-electron chi connectivity index (χ2n) is 7.51. The predicted molar refractivity (Wildman–Crippen MR) is 102 cm³/mol. The summed E-state index contributed by atoms with van der Waals surface area (Å²) in [7, 11) is 0. The van der Waals surface area contributed by atoms with E-state index in [2.05, 4.69) is 0 Å². The van der Waals surface area contributed by atoms with Crippen molar-refractivity contribution in [2.24, 2.45) is 0 Å². The lowest BCUT2D eigenvalue weighted by atomic mass is 9.94. The van der Waals surface area contributed by atoms with Crippen molar-refractivity contribution in [3.05, 3.63) is 34.9 Å². The number of amides is 2. The highest BCUT2D eigenvalue weighted by Crippen LogP contribution is 2.50. The molecular formula is C20H25ClN2O4. The number of nitrogens with zero attached hydrogens (tertiary/aromatic N) is 2.